The summed E-state index contributed by atoms with van der Waals surface area (Å²) in [6.45, 7) is 3.72. The molecule has 134 valence electrons. The van der Waals surface area contributed by atoms with Gasteiger partial charge in [0.1, 0.15) is 6.04 Å². The fourth-order valence-electron chi connectivity index (χ4n) is 2.75. The molecule has 1 unspecified atom stereocenters. The van der Waals surface area contributed by atoms with E-state index in [9.17, 15) is 14.7 Å². The molecule has 0 radical (unpaired) electrons. The van der Waals surface area contributed by atoms with Gasteiger partial charge in [0.25, 0.3) is 5.91 Å². The molecule has 6 nitrogen and oxygen atoms in total. The summed E-state index contributed by atoms with van der Waals surface area (Å²) < 4.78 is 2.42. The van der Waals surface area contributed by atoms with E-state index in [1.165, 1.54) is 11.3 Å². The Morgan fingerprint density at radius 1 is 1.23 bits per heavy atom. The van der Waals surface area contributed by atoms with Crippen molar-refractivity contribution in [3.63, 3.8) is 0 Å². The Labute approximate surface area is 154 Å². The molecule has 2 aromatic carbocycles. The highest BCUT2D eigenvalue weighted by Gasteiger charge is 2.22. The lowest BCUT2D eigenvalue weighted by molar-refractivity contribution is -0.140. The van der Waals surface area contributed by atoms with Crippen LogP contribution in [-0.4, -0.2) is 21.6 Å². The smallest absolute Gasteiger partial charge is 0.326 e. The minimum Gasteiger partial charge on any atom is -0.480 e. The van der Waals surface area contributed by atoms with Crippen LogP contribution in [0.4, 0.5) is 5.69 Å². The van der Waals surface area contributed by atoms with Gasteiger partial charge in [-0.3, -0.25) is 4.79 Å². The fourth-order valence-corrected chi connectivity index (χ4v) is 3.80. The highest BCUT2D eigenvalue weighted by Crippen LogP contribution is 2.25. The van der Waals surface area contributed by atoms with Gasteiger partial charge in [-0.25, -0.2) is 4.79 Å². The standard InChI is InChI=1S/C19H19N3O3S/c1-3-14(18(24)25)22-15-10-13(20)8-9-16(15)26-19(22)21-17(23)12-6-4-11(2)5-7-12/h4-10,14H,3,20H2,1-2H3,(H,24,25)/b21-19-. The van der Waals surface area contributed by atoms with Gasteiger partial charge in [-0.15, -0.1) is 0 Å². The number of nitrogen functional groups attached to an aromatic ring is 1. The predicted molar refractivity (Wildman–Crippen MR) is 102 cm³/mol. The molecule has 0 saturated heterocycles. The van der Waals surface area contributed by atoms with E-state index in [2.05, 4.69) is 4.99 Å². The Kier molecular flexibility index (Phi) is 4.90. The van der Waals surface area contributed by atoms with E-state index in [0.29, 0.717) is 28.0 Å². The van der Waals surface area contributed by atoms with Crippen LogP contribution in [0.1, 0.15) is 35.3 Å². The molecule has 1 amide bonds. The largest absolute Gasteiger partial charge is 0.480 e. The summed E-state index contributed by atoms with van der Waals surface area (Å²) in [7, 11) is 0. The molecule has 1 aromatic heterocycles. The quantitative estimate of drug-likeness (QED) is 0.689. The molecule has 0 aliphatic carbocycles. The zero-order chi connectivity index (χ0) is 18.8. The lowest BCUT2D eigenvalue weighted by Crippen LogP contribution is -2.27. The normalized spacial score (nSPS) is 13.1. The summed E-state index contributed by atoms with van der Waals surface area (Å²) >= 11 is 1.28. The molecule has 1 atom stereocenters. The first-order valence-corrected chi connectivity index (χ1v) is 9.01. The third kappa shape index (κ3) is 3.39. The maximum absolute atomic E-state index is 12.6. The number of aromatic nitrogens is 1. The number of nitrogens with zero attached hydrogens (tertiary/aromatic N) is 2. The van der Waals surface area contributed by atoms with Crippen molar-refractivity contribution in [1.29, 1.82) is 0 Å². The van der Waals surface area contributed by atoms with Gasteiger partial charge in [-0.2, -0.15) is 4.99 Å². The van der Waals surface area contributed by atoms with Crippen molar-refractivity contribution < 1.29 is 14.7 Å². The van der Waals surface area contributed by atoms with Crippen LogP contribution in [0.3, 0.4) is 0 Å². The van der Waals surface area contributed by atoms with Crippen molar-refractivity contribution in [1.82, 2.24) is 4.57 Å². The monoisotopic (exact) mass is 369 g/mol. The lowest BCUT2D eigenvalue weighted by Gasteiger charge is -2.13. The number of amides is 1. The number of nitrogens with two attached hydrogens (primary N) is 1. The van der Waals surface area contributed by atoms with E-state index in [0.717, 1.165) is 10.3 Å². The molecule has 3 N–H and O–H groups in total. The van der Waals surface area contributed by atoms with Crippen LogP contribution in [0.2, 0.25) is 0 Å². The number of benzene rings is 2. The number of fused-ring (bicyclic) bond motifs is 1. The van der Waals surface area contributed by atoms with Gasteiger partial charge >= 0.3 is 5.97 Å². The molecule has 0 aliphatic heterocycles. The van der Waals surface area contributed by atoms with Crippen LogP contribution >= 0.6 is 11.3 Å². The van der Waals surface area contributed by atoms with Gasteiger partial charge in [0, 0.05) is 11.3 Å². The third-order valence-corrected chi connectivity index (χ3v) is 5.16. The first-order valence-electron chi connectivity index (χ1n) is 8.19. The van der Waals surface area contributed by atoms with Gasteiger partial charge in [-0.1, -0.05) is 36.0 Å². The number of aliphatic carboxylic acids is 1. The molecule has 7 heteroatoms. The second-order valence-electron chi connectivity index (χ2n) is 6.03. The first kappa shape index (κ1) is 17.9. The van der Waals surface area contributed by atoms with Gasteiger partial charge < -0.3 is 15.4 Å². The minimum absolute atomic E-state index is 0.352. The van der Waals surface area contributed by atoms with Crippen molar-refractivity contribution in [2.75, 3.05) is 5.73 Å². The molecule has 0 aliphatic rings. The van der Waals surface area contributed by atoms with Crippen LogP contribution < -0.4 is 10.5 Å². The molecule has 0 fully saturated rings. The van der Waals surface area contributed by atoms with E-state index < -0.39 is 17.9 Å². The molecule has 3 aromatic rings. The molecular weight excluding hydrogens is 350 g/mol. The SMILES string of the molecule is CCC(C(=O)O)n1/c(=N/C(=O)c2ccc(C)cc2)sc2ccc(N)cc21. The zero-order valence-corrected chi connectivity index (χ0v) is 15.3. The Morgan fingerprint density at radius 3 is 2.54 bits per heavy atom. The first-order chi connectivity index (χ1) is 12.4. The van der Waals surface area contributed by atoms with Gasteiger partial charge in [0.15, 0.2) is 4.80 Å². The van der Waals surface area contributed by atoms with Gasteiger partial charge in [0.2, 0.25) is 0 Å². The summed E-state index contributed by atoms with van der Waals surface area (Å²) in [6.07, 6.45) is 0.363. The van der Waals surface area contributed by atoms with Gasteiger partial charge in [-0.05, 0) is 43.7 Å². The zero-order valence-electron chi connectivity index (χ0n) is 14.5. The highest BCUT2D eigenvalue weighted by molar-refractivity contribution is 7.16. The number of thiazole rings is 1. The highest BCUT2D eigenvalue weighted by atomic mass is 32.1. The summed E-state index contributed by atoms with van der Waals surface area (Å²) in [5, 5.41) is 9.61. The Morgan fingerprint density at radius 2 is 1.92 bits per heavy atom. The number of hydrogen-bond acceptors (Lipinski definition) is 4. The number of hydrogen-bond donors (Lipinski definition) is 2. The lowest BCUT2D eigenvalue weighted by atomic mass is 10.1. The summed E-state index contributed by atoms with van der Waals surface area (Å²) in [6, 6.07) is 11.6. The van der Waals surface area contributed by atoms with Crippen LogP contribution in [0, 0.1) is 6.92 Å². The van der Waals surface area contributed by atoms with Crippen molar-refractivity contribution in [3.05, 3.63) is 58.4 Å². The Balaban J connectivity index is 2.22. The number of carboxylic acid groups (broad SMARTS) is 1. The minimum atomic E-state index is -0.973. The van der Waals surface area contributed by atoms with Crippen LogP contribution in [-0.2, 0) is 4.79 Å². The molecular formula is C19H19N3O3S. The molecule has 0 saturated carbocycles. The van der Waals surface area contributed by atoms with Crippen molar-refractivity contribution in [3.8, 4) is 0 Å². The second kappa shape index (κ2) is 7.13. The Bertz CT molecular complexity index is 1050. The number of anilines is 1. The van der Waals surface area contributed by atoms with Crippen molar-refractivity contribution in [2.24, 2.45) is 4.99 Å². The van der Waals surface area contributed by atoms with Crippen LogP contribution in [0.25, 0.3) is 10.2 Å². The van der Waals surface area contributed by atoms with Crippen LogP contribution in [0.5, 0.6) is 0 Å². The average Bonchev–Trinajstić information content (AvgIpc) is 2.93. The molecule has 0 spiro atoms. The van der Waals surface area contributed by atoms with Gasteiger partial charge in [0.05, 0.1) is 10.2 Å². The second-order valence-corrected chi connectivity index (χ2v) is 7.04. The van der Waals surface area contributed by atoms with Crippen molar-refractivity contribution >= 4 is 39.1 Å². The van der Waals surface area contributed by atoms with E-state index in [1.807, 2.05) is 25.1 Å². The Hall–Kier alpha value is -2.93. The topological polar surface area (TPSA) is 97.7 Å². The number of carboxylic acids is 1. The number of rotatable bonds is 4. The van der Waals surface area contributed by atoms with E-state index in [4.69, 9.17) is 5.73 Å². The van der Waals surface area contributed by atoms with E-state index in [1.54, 1.807) is 35.8 Å². The molecule has 3 rings (SSSR count). The maximum atomic E-state index is 12.6. The summed E-state index contributed by atoms with van der Waals surface area (Å²) in [5.41, 5.74) is 8.58. The summed E-state index contributed by atoms with van der Waals surface area (Å²) in [4.78, 5) is 28.9. The summed E-state index contributed by atoms with van der Waals surface area (Å²) in [5.74, 6) is -1.38. The number of carbonyl (C=O) groups is 2. The van der Waals surface area contributed by atoms with Crippen molar-refractivity contribution in [2.45, 2.75) is 26.3 Å². The molecule has 0 bridgehead atoms. The average molecular weight is 369 g/mol. The molecule has 26 heavy (non-hydrogen) atoms. The van der Waals surface area contributed by atoms with Crippen LogP contribution in [0.15, 0.2) is 47.5 Å². The fraction of sp³-hybridized carbons (Fsp3) is 0.211. The van der Waals surface area contributed by atoms with E-state index >= 15 is 0 Å². The number of carbonyl (C=O) groups excluding carboxylic acids is 1. The predicted octanol–water partition coefficient (Wildman–Crippen LogP) is 3.37. The molecule has 1 heterocycles. The number of aryl methyl sites for hydroxylation is 1. The maximum Gasteiger partial charge on any atom is 0.326 e. The van der Waals surface area contributed by atoms with E-state index in [-0.39, 0.29) is 0 Å². The third-order valence-electron chi connectivity index (χ3n) is 4.13.